The predicted octanol–water partition coefficient (Wildman–Crippen LogP) is 4.98. The number of halogens is 1. The number of rotatable bonds is 5. The smallest absolute Gasteiger partial charge is 0.339 e. The van der Waals surface area contributed by atoms with Crippen molar-refractivity contribution in [2.75, 3.05) is 7.11 Å². The molecule has 0 N–H and O–H groups in total. The molecule has 1 aromatic carbocycles. The lowest BCUT2D eigenvalue weighted by atomic mass is 10.1. The van der Waals surface area contributed by atoms with Crippen molar-refractivity contribution in [1.29, 1.82) is 0 Å². The number of aromatic nitrogens is 3. The van der Waals surface area contributed by atoms with Crippen LogP contribution in [0.4, 0.5) is 0 Å². The molecule has 0 aliphatic heterocycles. The second kappa shape index (κ2) is 7.25. The molecular formula is C22H18ClN3O4. The van der Waals surface area contributed by atoms with Gasteiger partial charge in [-0.3, -0.25) is 0 Å². The van der Waals surface area contributed by atoms with Gasteiger partial charge in [-0.05, 0) is 44.0 Å². The summed E-state index contributed by atoms with van der Waals surface area (Å²) >= 11 is 6.33. The highest BCUT2D eigenvalue weighted by atomic mass is 35.5. The number of methoxy groups -OCH3 is 1. The van der Waals surface area contributed by atoms with Crippen LogP contribution in [-0.4, -0.2) is 28.2 Å². The fourth-order valence-corrected chi connectivity index (χ4v) is 3.68. The van der Waals surface area contributed by atoms with Crippen LogP contribution in [-0.2, 0) is 11.3 Å². The summed E-state index contributed by atoms with van der Waals surface area (Å²) in [5.74, 6) is 0.589. The van der Waals surface area contributed by atoms with Crippen molar-refractivity contribution in [2.45, 2.75) is 32.3 Å². The number of ether oxygens (including phenoxy) is 2. The lowest BCUT2D eigenvalue weighted by Gasteiger charge is -2.10. The van der Waals surface area contributed by atoms with Gasteiger partial charge in [-0.25, -0.2) is 14.8 Å². The zero-order valence-electron chi connectivity index (χ0n) is 16.4. The lowest BCUT2D eigenvalue weighted by Crippen LogP contribution is -2.08. The summed E-state index contributed by atoms with van der Waals surface area (Å²) in [6, 6.07) is 9.19. The summed E-state index contributed by atoms with van der Waals surface area (Å²) in [5.41, 5.74) is 3.55. The molecule has 5 rings (SSSR count). The molecule has 8 heteroatoms. The zero-order valence-corrected chi connectivity index (χ0v) is 17.2. The van der Waals surface area contributed by atoms with Gasteiger partial charge in [0.1, 0.15) is 17.5 Å². The number of aryl methyl sites for hydroxylation is 1. The zero-order chi connectivity index (χ0) is 20.8. The minimum Gasteiger partial charge on any atom is -0.497 e. The molecule has 0 bridgehead atoms. The van der Waals surface area contributed by atoms with Crippen LogP contribution >= 0.6 is 11.6 Å². The predicted molar refractivity (Wildman–Crippen MR) is 111 cm³/mol. The van der Waals surface area contributed by atoms with Crippen molar-refractivity contribution in [3.8, 4) is 5.75 Å². The first-order chi connectivity index (χ1) is 14.5. The Morgan fingerprint density at radius 3 is 2.83 bits per heavy atom. The Kier molecular flexibility index (Phi) is 4.55. The van der Waals surface area contributed by atoms with Crippen LogP contribution in [0.1, 0.15) is 46.1 Å². The Morgan fingerprint density at radius 2 is 2.07 bits per heavy atom. The Morgan fingerprint density at radius 1 is 1.23 bits per heavy atom. The van der Waals surface area contributed by atoms with Crippen LogP contribution in [0.5, 0.6) is 5.75 Å². The summed E-state index contributed by atoms with van der Waals surface area (Å²) in [5, 5.41) is 5.70. The van der Waals surface area contributed by atoms with E-state index in [2.05, 4.69) is 15.1 Å². The van der Waals surface area contributed by atoms with Gasteiger partial charge in [-0.15, -0.1) is 0 Å². The van der Waals surface area contributed by atoms with Gasteiger partial charge < -0.3 is 14.0 Å². The topological polar surface area (TPSA) is 87.3 Å². The quantitative estimate of drug-likeness (QED) is 0.330. The van der Waals surface area contributed by atoms with Crippen molar-refractivity contribution in [2.24, 2.45) is 0 Å². The third-order valence-corrected chi connectivity index (χ3v) is 5.59. The molecule has 0 radical (unpaired) electrons. The van der Waals surface area contributed by atoms with E-state index in [0.29, 0.717) is 45.1 Å². The van der Waals surface area contributed by atoms with Gasteiger partial charge in [0, 0.05) is 28.6 Å². The molecule has 152 valence electrons. The van der Waals surface area contributed by atoms with Crippen LogP contribution in [0.3, 0.4) is 0 Å². The number of nitrogens with zero attached hydrogens (tertiary/aromatic N) is 3. The molecule has 0 spiro atoms. The Bertz CT molecular complexity index is 1300. The first-order valence-electron chi connectivity index (χ1n) is 9.60. The third kappa shape index (κ3) is 3.35. The average molecular weight is 424 g/mol. The van der Waals surface area contributed by atoms with Gasteiger partial charge in [-0.2, -0.15) is 0 Å². The lowest BCUT2D eigenvalue weighted by molar-refractivity contribution is 0.0474. The van der Waals surface area contributed by atoms with E-state index in [1.807, 2.05) is 18.2 Å². The van der Waals surface area contributed by atoms with E-state index in [-0.39, 0.29) is 11.8 Å². The van der Waals surface area contributed by atoms with Gasteiger partial charge in [-0.1, -0.05) is 16.8 Å². The second-order valence-electron chi connectivity index (χ2n) is 7.39. The number of fused-ring (bicyclic) bond motifs is 2. The largest absolute Gasteiger partial charge is 0.497 e. The van der Waals surface area contributed by atoms with Crippen molar-refractivity contribution in [3.63, 3.8) is 0 Å². The van der Waals surface area contributed by atoms with E-state index in [0.717, 1.165) is 23.9 Å². The molecule has 1 saturated carbocycles. The van der Waals surface area contributed by atoms with E-state index in [1.165, 1.54) is 0 Å². The first kappa shape index (κ1) is 18.8. The molecule has 1 aliphatic carbocycles. The molecule has 0 unspecified atom stereocenters. The maximum atomic E-state index is 12.9. The minimum absolute atomic E-state index is 0.000455. The van der Waals surface area contributed by atoms with Gasteiger partial charge in [0.2, 0.25) is 0 Å². The number of carbonyl (C=O) groups is 1. The van der Waals surface area contributed by atoms with E-state index in [1.54, 1.807) is 26.2 Å². The number of pyridine rings is 2. The molecular weight excluding hydrogens is 406 g/mol. The highest BCUT2D eigenvalue weighted by molar-refractivity contribution is 6.30. The minimum atomic E-state index is -0.471. The number of hydrogen-bond donors (Lipinski definition) is 0. The number of esters is 1. The summed E-state index contributed by atoms with van der Waals surface area (Å²) in [4.78, 5) is 21.8. The van der Waals surface area contributed by atoms with Crippen molar-refractivity contribution in [3.05, 3.63) is 58.0 Å². The standard InChI is InChI=1S/C22H18ClN3O4/c1-11-19-16(9-18(12-3-4-12)25-21(19)30-26-11)22(27)29-10-14-7-13-5-6-15(28-2)8-17(13)24-20(14)23/h5-9,12H,3-4,10H2,1-2H3. The highest BCUT2D eigenvalue weighted by Crippen LogP contribution is 2.40. The van der Waals surface area contributed by atoms with E-state index in [4.69, 9.17) is 25.6 Å². The Balaban J connectivity index is 1.44. The molecule has 1 fully saturated rings. The number of hydrogen-bond acceptors (Lipinski definition) is 7. The molecule has 4 aromatic rings. The molecule has 1 aliphatic rings. The van der Waals surface area contributed by atoms with E-state index < -0.39 is 5.97 Å². The van der Waals surface area contributed by atoms with Crippen LogP contribution in [0, 0.1) is 6.92 Å². The van der Waals surface area contributed by atoms with Crippen molar-refractivity contribution < 1.29 is 18.8 Å². The molecule has 0 atom stereocenters. The summed E-state index contributed by atoms with van der Waals surface area (Å²) in [6.07, 6.45) is 2.12. The van der Waals surface area contributed by atoms with E-state index in [9.17, 15) is 4.79 Å². The van der Waals surface area contributed by atoms with E-state index >= 15 is 0 Å². The fourth-order valence-electron chi connectivity index (χ4n) is 3.48. The van der Waals surface area contributed by atoms with Gasteiger partial charge >= 0.3 is 5.97 Å². The molecule has 0 amide bonds. The third-order valence-electron chi connectivity index (χ3n) is 5.26. The van der Waals surface area contributed by atoms with Crippen LogP contribution in [0.15, 0.2) is 34.9 Å². The van der Waals surface area contributed by atoms with Crippen LogP contribution in [0.25, 0.3) is 22.0 Å². The Hall–Kier alpha value is -3.19. The molecule has 3 heterocycles. The monoisotopic (exact) mass is 423 g/mol. The number of carbonyl (C=O) groups excluding carboxylic acids is 1. The SMILES string of the molecule is COc1ccc2cc(COC(=O)c3cc(C4CC4)nc4onc(C)c34)c(Cl)nc2c1. The summed E-state index contributed by atoms with van der Waals surface area (Å²) in [7, 11) is 1.60. The highest BCUT2D eigenvalue weighted by Gasteiger charge is 2.29. The molecule has 7 nitrogen and oxygen atoms in total. The summed E-state index contributed by atoms with van der Waals surface area (Å²) in [6.45, 7) is 1.78. The normalized spacial score (nSPS) is 13.7. The van der Waals surface area contributed by atoms with Crippen molar-refractivity contribution in [1.82, 2.24) is 15.1 Å². The van der Waals surface area contributed by atoms with Gasteiger partial charge in [0.25, 0.3) is 5.71 Å². The summed E-state index contributed by atoms with van der Waals surface area (Å²) < 4.78 is 16.1. The Labute approximate surface area is 176 Å². The average Bonchev–Trinajstić information content (AvgIpc) is 3.54. The van der Waals surface area contributed by atoms with Gasteiger partial charge in [0.05, 0.1) is 29.3 Å². The second-order valence-corrected chi connectivity index (χ2v) is 7.75. The fraction of sp³-hybridized carbons (Fsp3) is 0.273. The van der Waals surface area contributed by atoms with Crippen LogP contribution in [0.2, 0.25) is 5.15 Å². The number of benzene rings is 1. The molecule has 0 saturated heterocycles. The van der Waals surface area contributed by atoms with Crippen molar-refractivity contribution >= 4 is 39.6 Å². The molecule has 3 aromatic heterocycles. The molecule has 30 heavy (non-hydrogen) atoms. The van der Waals surface area contributed by atoms with Gasteiger partial charge in [0.15, 0.2) is 0 Å². The first-order valence-corrected chi connectivity index (χ1v) is 9.98. The maximum Gasteiger partial charge on any atom is 0.339 e. The van der Waals surface area contributed by atoms with Crippen LogP contribution < -0.4 is 4.74 Å². The maximum absolute atomic E-state index is 12.9.